The van der Waals surface area contributed by atoms with Gasteiger partial charge in [0.25, 0.3) is 0 Å². The summed E-state index contributed by atoms with van der Waals surface area (Å²) in [7, 11) is 0. The number of likely N-dealkylation sites (tertiary alicyclic amines) is 1. The predicted molar refractivity (Wildman–Crippen MR) is 98.9 cm³/mol. The van der Waals surface area contributed by atoms with Gasteiger partial charge in [0.05, 0.1) is 6.07 Å². The summed E-state index contributed by atoms with van der Waals surface area (Å²) in [6, 6.07) is 2.94. The van der Waals surface area contributed by atoms with E-state index in [4.69, 9.17) is 5.73 Å². The van der Waals surface area contributed by atoms with Gasteiger partial charge in [-0.2, -0.15) is 5.26 Å². The zero-order chi connectivity index (χ0) is 18.6. The summed E-state index contributed by atoms with van der Waals surface area (Å²) in [5, 5.41) is 12.7. The number of nitrogens with one attached hydrogen (secondary N) is 1. The van der Waals surface area contributed by atoms with Crippen LogP contribution >= 0.6 is 0 Å². The first-order valence-corrected chi connectivity index (χ1v) is 10.2. The average molecular weight is 361 g/mol. The van der Waals surface area contributed by atoms with Crippen molar-refractivity contribution in [2.45, 2.75) is 88.6 Å². The van der Waals surface area contributed by atoms with Gasteiger partial charge in [-0.15, -0.1) is 0 Å². The van der Waals surface area contributed by atoms with Crippen LogP contribution in [0.15, 0.2) is 0 Å². The summed E-state index contributed by atoms with van der Waals surface area (Å²) in [6.45, 7) is 1.50. The fourth-order valence-corrected chi connectivity index (χ4v) is 5.17. The molecule has 1 heterocycles. The molecular formula is C20H32N4O2. The molecule has 2 amide bonds. The lowest BCUT2D eigenvalue weighted by molar-refractivity contribution is -0.131. The first-order valence-electron chi connectivity index (χ1n) is 10.2. The van der Waals surface area contributed by atoms with Crippen LogP contribution in [0.3, 0.4) is 0 Å². The monoisotopic (exact) mass is 360 g/mol. The van der Waals surface area contributed by atoms with Gasteiger partial charge in [0.15, 0.2) is 0 Å². The highest BCUT2D eigenvalue weighted by atomic mass is 16.2. The van der Waals surface area contributed by atoms with E-state index in [1.807, 2.05) is 0 Å². The molecule has 1 aliphatic heterocycles. The molecule has 6 nitrogen and oxygen atoms in total. The van der Waals surface area contributed by atoms with E-state index in [1.165, 1.54) is 25.7 Å². The van der Waals surface area contributed by atoms with Gasteiger partial charge in [-0.25, -0.2) is 0 Å². The highest BCUT2D eigenvalue weighted by Gasteiger charge is 2.43. The van der Waals surface area contributed by atoms with Gasteiger partial charge in [0, 0.05) is 31.0 Å². The molecule has 26 heavy (non-hydrogen) atoms. The van der Waals surface area contributed by atoms with Crippen molar-refractivity contribution in [1.82, 2.24) is 10.2 Å². The van der Waals surface area contributed by atoms with Crippen molar-refractivity contribution in [2.24, 2.45) is 11.1 Å². The lowest BCUT2D eigenvalue weighted by Crippen LogP contribution is -2.50. The Kier molecular flexibility index (Phi) is 5.86. The van der Waals surface area contributed by atoms with Crippen LogP contribution < -0.4 is 11.1 Å². The Morgan fingerprint density at radius 1 is 1.12 bits per heavy atom. The van der Waals surface area contributed by atoms with Crippen LogP contribution in [0.2, 0.25) is 0 Å². The highest BCUT2D eigenvalue weighted by Crippen LogP contribution is 2.40. The van der Waals surface area contributed by atoms with Crippen molar-refractivity contribution < 1.29 is 9.59 Å². The van der Waals surface area contributed by atoms with E-state index in [0.29, 0.717) is 25.4 Å². The molecule has 0 radical (unpaired) electrons. The minimum atomic E-state index is -0.772. The number of hydrogen-bond donors (Lipinski definition) is 2. The molecule has 1 saturated heterocycles. The first-order chi connectivity index (χ1) is 12.5. The number of nitrogens with two attached hydrogens (primary N) is 1. The molecule has 1 unspecified atom stereocenters. The largest absolute Gasteiger partial charge is 0.369 e. The molecule has 6 heteroatoms. The van der Waals surface area contributed by atoms with Crippen molar-refractivity contribution in [3.63, 3.8) is 0 Å². The van der Waals surface area contributed by atoms with Crippen molar-refractivity contribution in [3.8, 4) is 6.07 Å². The van der Waals surface area contributed by atoms with Crippen LogP contribution in [-0.4, -0.2) is 41.4 Å². The molecule has 3 aliphatic rings. The zero-order valence-electron chi connectivity index (χ0n) is 15.8. The summed E-state index contributed by atoms with van der Waals surface area (Å²) in [4.78, 5) is 26.9. The second kappa shape index (κ2) is 7.96. The maximum absolute atomic E-state index is 12.6. The molecule has 0 aromatic rings. The third-order valence-electron chi connectivity index (χ3n) is 6.90. The summed E-state index contributed by atoms with van der Waals surface area (Å²) < 4.78 is 0. The van der Waals surface area contributed by atoms with Gasteiger partial charge in [-0.3, -0.25) is 14.5 Å². The maximum Gasteiger partial charge on any atom is 0.223 e. The van der Waals surface area contributed by atoms with Crippen LogP contribution in [-0.2, 0) is 9.59 Å². The normalized spacial score (nSPS) is 29.3. The number of rotatable bonds is 6. The van der Waals surface area contributed by atoms with Crippen LogP contribution in [0.25, 0.3) is 0 Å². The van der Waals surface area contributed by atoms with E-state index >= 15 is 0 Å². The van der Waals surface area contributed by atoms with Crippen molar-refractivity contribution in [1.29, 1.82) is 5.26 Å². The molecule has 1 atom stereocenters. The molecule has 0 aromatic carbocycles. The van der Waals surface area contributed by atoms with E-state index in [1.54, 1.807) is 0 Å². The molecule has 2 aliphatic carbocycles. The number of hydrogen-bond acceptors (Lipinski definition) is 4. The number of carbonyl (C=O) groups is 2. The summed E-state index contributed by atoms with van der Waals surface area (Å²) in [5.74, 6) is -0.390. The molecule has 0 aromatic heterocycles. The van der Waals surface area contributed by atoms with E-state index in [0.717, 1.165) is 38.6 Å². The quantitative estimate of drug-likeness (QED) is 0.758. The Hall–Kier alpha value is -1.61. The number of carbonyl (C=O) groups excluding carboxylic acids is 2. The van der Waals surface area contributed by atoms with Crippen LogP contribution in [0.1, 0.15) is 77.0 Å². The zero-order valence-corrected chi connectivity index (χ0v) is 15.8. The lowest BCUT2D eigenvalue weighted by Gasteiger charge is -2.34. The molecule has 2 saturated carbocycles. The fourth-order valence-electron chi connectivity index (χ4n) is 5.17. The first kappa shape index (κ1) is 19.2. The second-order valence-electron chi connectivity index (χ2n) is 8.61. The fraction of sp³-hybridized carbons (Fsp3) is 0.850. The highest BCUT2D eigenvalue weighted by molar-refractivity contribution is 5.83. The molecule has 3 rings (SSSR count). The average Bonchev–Trinajstić information content (AvgIpc) is 3.31. The van der Waals surface area contributed by atoms with Gasteiger partial charge < -0.3 is 11.1 Å². The van der Waals surface area contributed by atoms with Crippen LogP contribution in [0.4, 0.5) is 0 Å². The van der Waals surface area contributed by atoms with E-state index in [2.05, 4.69) is 16.3 Å². The van der Waals surface area contributed by atoms with E-state index in [-0.39, 0.29) is 18.2 Å². The lowest BCUT2D eigenvalue weighted by atomic mass is 9.70. The van der Waals surface area contributed by atoms with Gasteiger partial charge in [-0.05, 0) is 38.5 Å². The van der Waals surface area contributed by atoms with Gasteiger partial charge >= 0.3 is 0 Å². The van der Waals surface area contributed by atoms with Crippen LogP contribution in [0, 0.1) is 16.7 Å². The number of nitrogens with zero attached hydrogens (tertiary/aromatic N) is 2. The second-order valence-corrected chi connectivity index (χ2v) is 8.61. The molecule has 3 N–H and O–H groups in total. The summed E-state index contributed by atoms with van der Waals surface area (Å²) in [5.41, 5.74) is 4.36. The Morgan fingerprint density at radius 3 is 2.42 bits per heavy atom. The maximum atomic E-state index is 12.6. The Labute approximate surface area is 156 Å². The standard InChI is InChI=1S/C20H32N4O2/c21-14-20(12-13-24(15-20)16-6-2-3-7-16)23-17(25)8-11-19(18(22)26)9-4-1-5-10-19/h16H,1-13,15H2,(H2,22,26)(H,23,25). The van der Waals surface area contributed by atoms with Gasteiger partial charge in [-0.1, -0.05) is 32.1 Å². The Balaban J connectivity index is 1.54. The molecule has 0 spiro atoms. The predicted octanol–water partition coefficient (Wildman–Crippen LogP) is 2.23. The van der Waals surface area contributed by atoms with Gasteiger partial charge in [0.2, 0.25) is 11.8 Å². The molecule has 3 fully saturated rings. The molecular weight excluding hydrogens is 328 g/mol. The Morgan fingerprint density at radius 2 is 1.81 bits per heavy atom. The summed E-state index contributed by atoms with van der Waals surface area (Å²) in [6.07, 6.45) is 11.1. The van der Waals surface area contributed by atoms with Crippen molar-refractivity contribution in [3.05, 3.63) is 0 Å². The van der Waals surface area contributed by atoms with Crippen molar-refractivity contribution >= 4 is 11.8 Å². The molecule has 0 bridgehead atoms. The number of primary amides is 1. The van der Waals surface area contributed by atoms with E-state index in [9.17, 15) is 14.9 Å². The smallest absolute Gasteiger partial charge is 0.223 e. The Bertz CT molecular complexity index is 573. The van der Waals surface area contributed by atoms with Gasteiger partial charge in [0.1, 0.15) is 5.54 Å². The third kappa shape index (κ3) is 4.03. The number of amides is 2. The minimum Gasteiger partial charge on any atom is -0.369 e. The van der Waals surface area contributed by atoms with E-state index < -0.39 is 11.0 Å². The van der Waals surface area contributed by atoms with Crippen LogP contribution in [0.5, 0.6) is 0 Å². The molecule has 144 valence electrons. The minimum absolute atomic E-state index is 0.119. The number of nitriles is 1. The SMILES string of the molecule is N#CC1(NC(=O)CCC2(C(N)=O)CCCCC2)CCN(C2CCCC2)C1. The van der Waals surface area contributed by atoms with Crippen molar-refractivity contribution in [2.75, 3.05) is 13.1 Å². The summed E-state index contributed by atoms with van der Waals surface area (Å²) >= 11 is 0. The third-order valence-corrected chi connectivity index (χ3v) is 6.90. The topological polar surface area (TPSA) is 99.2 Å².